The van der Waals surface area contributed by atoms with Crippen LogP contribution in [0.5, 0.6) is 11.5 Å². The molecular formula is C14H12FNO3. The second-order valence-corrected chi connectivity index (χ2v) is 4.22. The number of non-ortho nitro benzene ring substituents is 1. The number of nitro groups is 1. The van der Waals surface area contributed by atoms with Gasteiger partial charge in [0.25, 0.3) is 5.69 Å². The van der Waals surface area contributed by atoms with Crippen LogP contribution in [-0.2, 0) is 0 Å². The molecular weight excluding hydrogens is 249 g/mol. The quantitative estimate of drug-likeness (QED) is 0.616. The molecule has 0 saturated carbocycles. The van der Waals surface area contributed by atoms with Crippen molar-refractivity contribution in [3.63, 3.8) is 0 Å². The summed E-state index contributed by atoms with van der Waals surface area (Å²) >= 11 is 0. The monoisotopic (exact) mass is 261 g/mol. The molecule has 5 heteroatoms. The Hall–Kier alpha value is -2.43. The van der Waals surface area contributed by atoms with Crippen LogP contribution in [0.3, 0.4) is 0 Å². The van der Waals surface area contributed by atoms with Gasteiger partial charge in [0.1, 0.15) is 17.3 Å². The Balaban J connectivity index is 2.31. The number of ether oxygens (including phenoxy) is 1. The van der Waals surface area contributed by atoms with Crippen LogP contribution in [0, 0.1) is 29.8 Å². The van der Waals surface area contributed by atoms with Crippen molar-refractivity contribution in [3.8, 4) is 11.5 Å². The summed E-state index contributed by atoms with van der Waals surface area (Å²) in [5, 5.41) is 10.6. The molecule has 2 aromatic carbocycles. The molecule has 0 aliphatic heterocycles. The Morgan fingerprint density at radius 2 is 1.63 bits per heavy atom. The van der Waals surface area contributed by atoms with Crippen LogP contribution >= 0.6 is 0 Å². The predicted molar refractivity (Wildman–Crippen MR) is 69.0 cm³/mol. The van der Waals surface area contributed by atoms with Crippen LogP contribution < -0.4 is 4.74 Å². The van der Waals surface area contributed by atoms with E-state index in [-0.39, 0.29) is 11.5 Å². The Morgan fingerprint density at radius 1 is 1.05 bits per heavy atom. The first-order valence-corrected chi connectivity index (χ1v) is 5.66. The van der Waals surface area contributed by atoms with Gasteiger partial charge in [-0.05, 0) is 49.2 Å². The Morgan fingerprint density at radius 3 is 2.16 bits per heavy atom. The van der Waals surface area contributed by atoms with Gasteiger partial charge in [-0.1, -0.05) is 0 Å². The number of rotatable bonds is 3. The first kappa shape index (κ1) is 13.0. The third kappa shape index (κ3) is 2.88. The van der Waals surface area contributed by atoms with E-state index in [9.17, 15) is 14.5 Å². The lowest BCUT2D eigenvalue weighted by atomic mass is 10.2. The van der Waals surface area contributed by atoms with Gasteiger partial charge in [-0.2, -0.15) is 0 Å². The minimum absolute atomic E-state index is 0.0145. The zero-order chi connectivity index (χ0) is 14.0. The maximum atomic E-state index is 13.0. The summed E-state index contributed by atoms with van der Waals surface area (Å²) < 4.78 is 18.6. The fourth-order valence-electron chi connectivity index (χ4n) is 1.71. The number of hydrogen-bond donors (Lipinski definition) is 0. The van der Waals surface area contributed by atoms with E-state index < -0.39 is 4.92 Å². The summed E-state index contributed by atoms with van der Waals surface area (Å²) in [4.78, 5) is 10.2. The van der Waals surface area contributed by atoms with E-state index in [4.69, 9.17) is 4.74 Å². The maximum Gasteiger partial charge on any atom is 0.269 e. The zero-order valence-electron chi connectivity index (χ0n) is 10.5. The molecule has 2 rings (SSSR count). The van der Waals surface area contributed by atoms with Crippen LogP contribution in [0.2, 0.25) is 0 Å². The molecule has 0 saturated heterocycles. The van der Waals surface area contributed by atoms with Crippen LogP contribution in [0.4, 0.5) is 10.1 Å². The van der Waals surface area contributed by atoms with Crippen LogP contribution in [0.25, 0.3) is 0 Å². The van der Waals surface area contributed by atoms with E-state index in [1.165, 1.54) is 36.4 Å². The van der Waals surface area contributed by atoms with Gasteiger partial charge in [0.05, 0.1) is 4.92 Å². The van der Waals surface area contributed by atoms with Crippen LogP contribution in [-0.4, -0.2) is 4.92 Å². The molecule has 98 valence electrons. The van der Waals surface area contributed by atoms with Crippen molar-refractivity contribution >= 4 is 5.69 Å². The molecule has 0 unspecified atom stereocenters. The number of nitrogens with zero attached hydrogens (tertiary/aromatic N) is 1. The maximum absolute atomic E-state index is 13.0. The summed E-state index contributed by atoms with van der Waals surface area (Å²) in [7, 11) is 0. The first-order chi connectivity index (χ1) is 8.97. The van der Waals surface area contributed by atoms with Crippen molar-refractivity contribution in [1.29, 1.82) is 0 Å². The average molecular weight is 261 g/mol. The van der Waals surface area contributed by atoms with Crippen molar-refractivity contribution < 1.29 is 14.1 Å². The SMILES string of the molecule is Cc1cc(F)ccc1Oc1ccc([N+](=O)[O-])cc1C. The Bertz CT molecular complexity index is 641. The average Bonchev–Trinajstić information content (AvgIpc) is 2.34. The third-order valence-electron chi connectivity index (χ3n) is 2.73. The summed E-state index contributed by atoms with van der Waals surface area (Å²) in [5.41, 5.74) is 1.33. The molecule has 0 fully saturated rings. The molecule has 0 N–H and O–H groups in total. The highest BCUT2D eigenvalue weighted by Crippen LogP contribution is 2.30. The van der Waals surface area contributed by atoms with E-state index in [1.807, 2.05) is 0 Å². The number of halogens is 1. The molecule has 4 nitrogen and oxygen atoms in total. The summed E-state index contributed by atoms with van der Waals surface area (Å²) in [6, 6.07) is 8.57. The second kappa shape index (κ2) is 5.06. The highest BCUT2D eigenvalue weighted by Gasteiger charge is 2.10. The van der Waals surface area contributed by atoms with Crippen LogP contribution in [0.1, 0.15) is 11.1 Å². The highest BCUT2D eigenvalue weighted by atomic mass is 19.1. The van der Waals surface area contributed by atoms with Gasteiger partial charge in [-0.3, -0.25) is 10.1 Å². The standard InChI is InChI=1S/C14H12FNO3/c1-9-7-11(15)3-5-13(9)19-14-6-4-12(16(17)18)8-10(14)2/h3-8H,1-2H3. The molecule has 0 heterocycles. The van der Waals surface area contributed by atoms with Crippen LogP contribution in [0.15, 0.2) is 36.4 Å². The molecule has 0 amide bonds. The van der Waals surface area contributed by atoms with Gasteiger partial charge in [0, 0.05) is 12.1 Å². The van der Waals surface area contributed by atoms with Crippen molar-refractivity contribution in [2.45, 2.75) is 13.8 Å². The van der Waals surface area contributed by atoms with E-state index in [0.717, 1.165) is 0 Å². The largest absolute Gasteiger partial charge is 0.457 e. The fourth-order valence-corrected chi connectivity index (χ4v) is 1.71. The van der Waals surface area contributed by atoms with Gasteiger partial charge >= 0.3 is 0 Å². The predicted octanol–water partition coefficient (Wildman–Crippen LogP) is 4.14. The fraction of sp³-hybridized carbons (Fsp3) is 0.143. The molecule has 19 heavy (non-hydrogen) atoms. The minimum atomic E-state index is -0.458. The smallest absolute Gasteiger partial charge is 0.269 e. The molecule has 0 atom stereocenters. The van der Waals surface area contributed by atoms with Gasteiger partial charge in [-0.25, -0.2) is 4.39 Å². The van der Waals surface area contributed by atoms with Crippen molar-refractivity contribution in [1.82, 2.24) is 0 Å². The first-order valence-electron chi connectivity index (χ1n) is 5.66. The van der Waals surface area contributed by atoms with E-state index in [2.05, 4.69) is 0 Å². The molecule has 2 aromatic rings. The molecule has 0 aliphatic rings. The van der Waals surface area contributed by atoms with Gasteiger partial charge < -0.3 is 4.74 Å². The number of aryl methyl sites for hydroxylation is 2. The van der Waals surface area contributed by atoms with Crippen molar-refractivity contribution in [3.05, 3.63) is 63.5 Å². The summed E-state index contributed by atoms with van der Waals surface area (Å²) in [6.45, 7) is 3.46. The summed E-state index contributed by atoms with van der Waals surface area (Å²) in [5.74, 6) is 0.712. The minimum Gasteiger partial charge on any atom is -0.457 e. The normalized spacial score (nSPS) is 10.3. The van der Waals surface area contributed by atoms with Crippen molar-refractivity contribution in [2.24, 2.45) is 0 Å². The topological polar surface area (TPSA) is 52.4 Å². The zero-order valence-corrected chi connectivity index (χ0v) is 10.5. The van der Waals surface area contributed by atoms with E-state index in [1.54, 1.807) is 13.8 Å². The molecule has 0 aliphatic carbocycles. The van der Waals surface area contributed by atoms with Gasteiger partial charge in [-0.15, -0.1) is 0 Å². The van der Waals surface area contributed by atoms with E-state index in [0.29, 0.717) is 22.6 Å². The molecule has 0 aromatic heterocycles. The van der Waals surface area contributed by atoms with Gasteiger partial charge in [0.15, 0.2) is 0 Å². The molecule has 0 radical (unpaired) electrons. The molecule has 0 bridgehead atoms. The van der Waals surface area contributed by atoms with E-state index >= 15 is 0 Å². The summed E-state index contributed by atoms with van der Waals surface area (Å²) in [6.07, 6.45) is 0. The number of hydrogen-bond acceptors (Lipinski definition) is 3. The lowest BCUT2D eigenvalue weighted by Gasteiger charge is -2.10. The Labute approximate surface area is 109 Å². The second-order valence-electron chi connectivity index (χ2n) is 4.22. The van der Waals surface area contributed by atoms with Gasteiger partial charge in [0.2, 0.25) is 0 Å². The highest BCUT2D eigenvalue weighted by molar-refractivity contribution is 5.46. The third-order valence-corrected chi connectivity index (χ3v) is 2.73. The van der Waals surface area contributed by atoms with Crippen molar-refractivity contribution in [2.75, 3.05) is 0 Å². The lowest BCUT2D eigenvalue weighted by Crippen LogP contribution is -1.93. The number of nitro benzene ring substituents is 1. The lowest BCUT2D eigenvalue weighted by molar-refractivity contribution is -0.384. The Kier molecular flexibility index (Phi) is 3.46. The number of benzene rings is 2. The molecule has 0 spiro atoms.